The Hall–Kier alpha value is -0.885. The van der Waals surface area contributed by atoms with Gasteiger partial charge in [-0.2, -0.15) is 0 Å². The van der Waals surface area contributed by atoms with Crippen molar-refractivity contribution in [1.82, 2.24) is 5.32 Å². The number of allylic oxidation sites excluding steroid dienone is 1. The van der Waals surface area contributed by atoms with E-state index in [0.29, 0.717) is 25.2 Å². The van der Waals surface area contributed by atoms with Gasteiger partial charge in [0, 0.05) is 38.4 Å². The maximum absolute atomic E-state index is 7.59. The van der Waals surface area contributed by atoms with Crippen LogP contribution in [-0.2, 0) is 18.8 Å². The summed E-state index contributed by atoms with van der Waals surface area (Å²) in [5.41, 5.74) is -0.157. The third-order valence-corrected chi connectivity index (χ3v) is 4.17. The summed E-state index contributed by atoms with van der Waals surface area (Å²) >= 11 is 0. The lowest BCUT2D eigenvalue weighted by Gasteiger charge is -2.32. The summed E-state index contributed by atoms with van der Waals surface area (Å²) in [6.07, 6.45) is 3.03. The SMILES string of the molecule is COCC(CN/C=C(\C=N)B1OC(C)(C)C(C)(C)O1)COC. The van der Waals surface area contributed by atoms with Gasteiger partial charge in [-0.1, -0.05) is 0 Å². The normalized spacial score (nSPS) is 20.5. The van der Waals surface area contributed by atoms with Crippen molar-refractivity contribution < 1.29 is 18.8 Å². The minimum absolute atomic E-state index is 0.247. The first kappa shape index (κ1) is 19.2. The molecule has 0 aliphatic carbocycles. The molecule has 0 spiro atoms. The quantitative estimate of drug-likeness (QED) is 0.500. The molecule has 0 radical (unpaired) electrons. The molecular formula is C15H29BN2O4. The average Bonchev–Trinajstić information content (AvgIpc) is 2.63. The molecule has 2 N–H and O–H groups in total. The van der Waals surface area contributed by atoms with Gasteiger partial charge in [-0.25, -0.2) is 0 Å². The Kier molecular flexibility index (Phi) is 7.06. The summed E-state index contributed by atoms with van der Waals surface area (Å²) in [5, 5.41) is 10.8. The Morgan fingerprint density at radius 1 is 1.14 bits per heavy atom. The minimum Gasteiger partial charge on any atom is -0.399 e. The Balaban J connectivity index is 2.63. The van der Waals surface area contributed by atoms with Crippen molar-refractivity contribution in [1.29, 1.82) is 5.41 Å². The lowest BCUT2D eigenvalue weighted by atomic mass is 9.79. The van der Waals surface area contributed by atoms with E-state index in [2.05, 4.69) is 5.32 Å². The summed E-state index contributed by atoms with van der Waals surface area (Å²) in [6.45, 7) is 9.91. The topological polar surface area (TPSA) is 72.8 Å². The molecule has 1 aliphatic heterocycles. The van der Waals surface area contributed by atoms with Gasteiger partial charge in [0.05, 0.1) is 24.4 Å². The second kappa shape index (κ2) is 8.10. The molecule has 0 bridgehead atoms. The van der Waals surface area contributed by atoms with E-state index in [1.807, 2.05) is 27.7 Å². The molecule has 0 unspecified atom stereocenters. The largest absolute Gasteiger partial charge is 0.497 e. The summed E-state index contributed by atoms with van der Waals surface area (Å²) < 4.78 is 22.2. The van der Waals surface area contributed by atoms with Gasteiger partial charge in [-0.05, 0) is 33.9 Å². The lowest BCUT2D eigenvalue weighted by Crippen LogP contribution is -2.41. The van der Waals surface area contributed by atoms with E-state index in [0.717, 1.165) is 0 Å². The predicted octanol–water partition coefficient (Wildman–Crippen LogP) is 1.65. The Bertz CT molecular complexity index is 377. The Labute approximate surface area is 134 Å². The molecule has 1 aliphatic rings. The highest BCUT2D eigenvalue weighted by Gasteiger charge is 2.52. The van der Waals surface area contributed by atoms with Gasteiger partial charge in [0.25, 0.3) is 0 Å². The number of nitrogens with one attached hydrogen (secondary N) is 2. The fraction of sp³-hybridized carbons (Fsp3) is 0.800. The van der Waals surface area contributed by atoms with Crippen molar-refractivity contribution in [3.05, 3.63) is 11.7 Å². The van der Waals surface area contributed by atoms with Crippen LogP contribution < -0.4 is 5.32 Å². The highest BCUT2D eigenvalue weighted by atomic mass is 16.7. The van der Waals surface area contributed by atoms with Crippen LogP contribution in [0, 0.1) is 11.3 Å². The first-order valence-corrected chi connectivity index (χ1v) is 7.55. The second-order valence-corrected chi connectivity index (χ2v) is 6.56. The maximum atomic E-state index is 7.59. The number of hydrogen-bond donors (Lipinski definition) is 2. The smallest absolute Gasteiger partial charge is 0.399 e. The summed E-state index contributed by atoms with van der Waals surface area (Å²) in [6, 6.07) is 0. The molecule has 126 valence electrons. The van der Waals surface area contributed by atoms with Crippen molar-refractivity contribution in [2.45, 2.75) is 38.9 Å². The minimum atomic E-state index is -0.529. The molecule has 0 aromatic carbocycles. The van der Waals surface area contributed by atoms with Crippen molar-refractivity contribution in [3.63, 3.8) is 0 Å². The van der Waals surface area contributed by atoms with Crippen molar-refractivity contribution >= 4 is 13.3 Å². The van der Waals surface area contributed by atoms with Gasteiger partial charge in [-0.3, -0.25) is 0 Å². The van der Waals surface area contributed by atoms with Crippen molar-refractivity contribution in [3.8, 4) is 0 Å². The zero-order valence-electron chi connectivity index (χ0n) is 14.6. The maximum Gasteiger partial charge on any atom is 0.497 e. The molecular weight excluding hydrogens is 283 g/mol. The lowest BCUT2D eigenvalue weighted by molar-refractivity contribution is 0.00578. The average molecular weight is 312 g/mol. The molecule has 1 fully saturated rings. The number of rotatable bonds is 9. The van der Waals surface area contributed by atoms with Crippen molar-refractivity contribution in [2.75, 3.05) is 34.0 Å². The van der Waals surface area contributed by atoms with Gasteiger partial charge < -0.3 is 29.5 Å². The second-order valence-electron chi connectivity index (χ2n) is 6.56. The van der Waals surface area contributed by atoms with Crippen LogP contribution in [0.4, 0.5) is 0 Å². The third-order valence-electron chi connectivity index (χ3n) is 4.17. The monoisotopic (exact) mass is 312 g/mol. The van der Waals surface area contributed by atoms with E-state index < -0.39 is 18.3 Å². The van der Waals surface area contributed by atoms with Gasteiger partial charge in [0.15, 0.2) is 0 Å². The molecule has 6 nitrogen and oxygen atoms in total. The van der Waals surface area contributed by atoms with Gasteiger partial charge in [0.2, 0.25) is 0 Å². The Morgan fingerprint density at radius 3 is 2.05 bits per heavy atom. The molecule has 0 saturated carbocycles. The number of methoxy groups -OCH3 is 2. The van der Waals surface area contributed by atoms with E-state index in [1.54, 1.807) is 20.4 Å². The van der Waals surface area contributed by atoms with Crippen molar-refractivity contribution in [2.24, 2.45) is 5.92 Å². The van der Waals surface area contributed by atoms with Gasteiger partial charge >= 0.3 is 7.12 Å². The van der Waals surface area contributed by atoms with Crippen LogP contribution in [0.5, 0.6) is 0 Å². The van der Waals surface area contributed by atoms with Gasteiger partial charge in [-0.15, -0.1) is 0 Å². The van der Waals surface area contributed by atoms with E-state index in [4.69, 9.17) is 24.2 Å². The highest BCUT2D eigenvalue weighted by Crippen LogP contribution is 2.38. The van der Waals surface area contributed by atoms with E-state index >= 15 is 0 Å². The summed E-state index contributed by atoms with van der Waals surface area (Å²) in [5.74, 6) is 0.247. The van der Waals surface area contributed by atoms with E-state index in [9.17, 15) is 0 Å². The van der Waals surface area contributed by atoms with Crippen LogP contribution in [0.2, 0.25) is 0 Å². The third kappa shape index (κ3) is 4.81. The standard InChI is InChI=1S/C15H29BN2O4/c1-14(2)15(3,4)22-16(21-14)13(7-17)9-18-8-12(10-19-5)11-20-6/h7,9,12,17-18H,8,10-11H2,1-6H3/b13-9+,17-7?. The van der Waals surface area contributed by atoms with Gasteiger partial charge in [0.1, 0.15) is 0 Å². The number of hydrogen-bond acceptors (Lipinski definition) is 6. The fourth-order valence-electron chi connectivity index (χ4n) is 2.14. The van der Waals surface area contributed by atoms with Crippen LogP contribution in [0.15, 0.2) is 11.7 Å². The zero-order valence-corrected chi connectivity index (χ0v) is 14.6. The molecule has 0 amide bonds. The number of ether oxygens (including phenoxy) is 2. The molecule has 0 atom stereocenters. The fourth-order valence-corrected chi connectivity index (χ4v) is 2.14. The highest BCUT2D eigenvalue weighted by molar-refractivity contribution is 6.60. The van der Waals surface area contributed by atoms with Crippen LogP contribution in [0.3, 0.4) is 0 Å². The molecule has 1 rings (SSSR count). The van der Waals surface area contributed by atoms with Crippen LogP contribution in [0.1, 0.15) is 27.7 Å². The summed E-state index contributed by atoms with van der Waals surface area (Å²) in [4.78, 5) is 0. The Morgan fingerprint density at radius 2 is 1.64 bits per heavy atom. The van der Waals surface area contributed by atoms with E-state index in [-0.39, 0.29) is 5.92 Å². The molecule has 7 heteroatoms. The predicted molar refractivity (Wildman–Crippen MR) is 88.2 cm³/mol. The zero-order chi connectivity index (χ0) is 16.8. The van der Waals surface area contributed by atoms with Crippen LogP contribution in [-0.4, -0.2) is 58.5 Å². The molecule has 1 heterocycles. The first-order chi connectivity index (χ1) is 10.3. The van der Waals surface area contributed by atoms with Crippen LogP contribution >= 0.6 is 0 Å². The van der Waals surface area contributed by atoms with E-state index in [1.165, 1.54) is 6.21 Å². The van der Waals surface area contributed by atoms with Crippen LogP contribution in [0.25, 0.3) is 0 Å². The molecule has 1 saturated heterocycles. The molecule has 0 aromatic heterocycles. The summed E-state index contributed by atoms with van der Waals surface area (Å²) in [7, 11) is 2.82. The first-order valence-electron chi connectivity index (χ1n) is 7.55. The molecule has 22 heavy (non-hydrogen) atoms. The molecule has 0 aromatic rings.